The third kappa shape index (κ3) is 4.55. The lowest BCUT2D eigenvalue weighted by Gasteiger charge is -2.37. The molecule has 6 heteroatoms. The zero-order valence-corrected chi connectivity index (χ0v) is 14.1. The van der Waals surface area contributed by atoms with Crippen LogP contribution in [0.4, 0.5) is 0 Å². The highest BCUT2D eigenvalue weighted by Gasteiger charge is 2.38. The molecule has 6 nitrogen and oxygen atoms in total. The smallest absolute Gasteiger partial charge is 0.250 e. The molecule has 132 valence electrons. The minimum atomic E-state index is -1.41. The predicted octanol–water partition coefficient (Wildman–Crippen LogP) is 1.47. The first kappa shape index (κ1) is 17.4. The molecular weight excluding hydrogens is 318 g/mol. The number of hydrogen-bond acceptors (Lipinski definition) is 5. The number of amides is 1. The van der Waals surface area contributed by atoms with Gasteiger partial charge in [-0.05, 0) is 43.1 Å². The molecule has 2 aromatic rings. The van der Waals surface area contributed by atoms with Gasteiger partial charge in [-0.2, -0.15) is 0 Å². The van der Waals surface area contributed by atoms with Crippen molar-refractivity contribution in [3.8, 4) is 5.75 Å². The minimum absolute atomic E-state index is 0.279. The summed E-state index contributed by atoms with van der Waals surface area (Å²) in [4.78, 5) is 17.5. The second-order valence-electron chi connectivity index (χ2n) is 6.50. The van der Waals surface area contributed by atoms with Crippen molar-refractivity contribution in [2.45, 2.75) is 31.6 Å². The molecule has 25 heavy (non-hydrogen) atoms. The number of carbonyl (C=O) groups excluding carboxylic acids is 1. The molecule has 2 heterocycles. The number of β-amino-alcohol motifs (C(OH)–C–C–N with tert-alkyl or cyclic N) is 1. The highest BCUT2D eigenvalue weighted by Crippen LogP contribution is 2.23. The molecule has 1 aromatic heterocycles. The Morgan fingerprint density at radius 3 is 2.76 bits per heavy atom. The highest BCUT2D eigenvalue weighted by molar-refractivity contribution is 5.83. The fourth-order valence-electron chi connectivity index (χ4n) is 3.06. The number of pyridine rings is 1. The van der Waals surface area contributed by atoms with Crippen molar-refractivity contribution in [1.29, 1.82) is 0 Å². The van der Waals surface area contributed by atoms with Crippen molar-refractivity contribution in [1.82, 2.24) is 9.88 Å². The van der Waals surface area contributed by atoms with Crippen LogP contribution in [0.15, 0.2) is 48.8 Å². The number of benzene rings is 1. The van der Waals surface area contributed by atoms with Gasteiger partial charge in [0.25, 0.3) is 5.91 Å². The van der Waals surface area contributed by atoms with E-state index < -0.39 is 11.5 Å². The molecule has 1 atom stereocenters. The number of nitrogens with zero attached hydrogens (tertiary/aromatic N) is 2. The fraction of sp³-hybridized carbons (Fsp3) is 0.368. The zero-order chi connectivity index (χ0) is 17.7. The molecule has 0 saturated carbocycles. The van der Waals surface area contributed by atoms with Gasteiger partial charge in [0.15, 0.2) is 5.60 Å². The first-order valence-electron chi connectivity index (χ1n) is 8.40. The van der Waals surface area contributed by atoms with Crippen LogP contribution in [-0.2, 0) is 17.9 Å². The summed E-state index contributed by atoms with van der Waals surface area (Å²) in [6.45, 7) is 2.26. The summed E-state index contributed by atoms with van der Waals surface area (Å²) in [7, 11) is 0. The van der Waals surface area contributed by atoms with Gasteiger partial charge < -0.3 is 15.6 Å². The Bertz CT molecular complexity index is 706. The number of hydrogen-bond donors (Lipinski definition) is 2. The first-order chi connectivity index (χ1) is 12.0. The van der Waals surface area contributed by atoms with Gasteiger partial charge in [-0.15, -0.1) is 0 Å². The lowest BCUT2D eigenvalue weighted by molar-refractivity contribution is -0.142. The molecule has 1 amide bonds. The first-order valence-corrected chi connectivity index (χ1v) is 8.40. The number of likely N-dealkylation sites (tertiary alicyclic amines) is 1. The van der Waals surface area contributed by atoms with Crippen molar-refractivity contribution < 1.29 is 14.6 Å². The fourth-order valence-corrected chi connectivity index (χ4v) is 3.06. The van der Waals surface area contributed by atoms with E-state index in [0.717, 1.165) is 29.8 Å². The van der Waals surface area contributed by atoms with Crippen LogP contribution in [-0.4, -0.2) is 39.6 Å². The molecule has 1 fully saturated rings. The van der Waals surface area contributed by atoms with Gasteiger partial charge in [-0.1, -0.05) is 18.2 Å². The van der Waals surface area contributed by atoms with E-state index in [1.54, 1.807) is 12.4 Å². The van der Waals surface area contributed by atoms with Gasteiger partial charge in [0.1, 0.15) is 12.4 Å². The van der Waals surface area contributed by atoms with E-state index >= 15 is 0 Å². The molecular formula is C19H23N3O3. The minimum Gasteiger partial charge on any atom is -0.489 e. The van der Waals surface area contributed by atoms with Crippen LogP contribution >= 0.6 is 0 Å². The molecule has 0 spiro atoms. The van der Waals surface area contributed by atoms with Gasteiger partial charge in [0.05, 0.1) is 0 Å². The monoisotopic (exact) mass is 341 g/mol. The molecule has 0 radical (unpaired) electrons. The van der Waals surface area contributed by atoms with E-state index in [1.807, 2.05) is 36.4 Å². The van der Waals surface area contributed by atoms with Crippen molar-refractivity contribution in [3.05, 3.63) is 59.9 Å². The van der Waals surface area contributed by atoms with Crippen LogP contribution in [0.5, 0.6) is 5.75 Å². The highest BCUT2D eigenvalue weighted by atomic mass is 16.5. The van der Waals surface area contributed by atoms with Crippen LogP contribution in [0, 0.1) is 0 Å². The molecule has 1 aliphatic rings. The molecule has 3 rings (SSSR count). The third-order valence-corrected chi connectivity index (χ3v) is 4.47. The Hall–Kier alpha value is -2.44. The Labute approximate surface area is 147 Å². The van der Waals surface area contributed by atoms with E-state index in [-0.39, 0.29) is 6.54 Å². The van der Waals surface area contributed by atoms with E-state index in [4.69, 9.17) is 10.5 Å². The van der Waals surface area contributed by atoms with Crippen LogP contribution in [0.2, 0.25) is 0 Å². The maximum Gasteiger partial charge on any atom is 0.250 e. The number of nitrogens with two attached hydrogens (primary N) is 1. The molecule has 3 N–H and O–H groups in total. The lowest BCUT2D eigenvalue weighted by Crippen LogP contribution is -2.55. The van der Waals surface area contributed by atoms with Gasteiger partial charge in [-0.3, -0.25) is 14.7 Å². The largest absolute Gasteiger partial charge is 0.489 e. The number of aliphatic hydroxyl groups is 1. The maximum absolute atomic E-state index is 11.4. The standard InChI is InChI=1S/C19H23N3O3/c20-18(23)19(24)8-2-10-22(14-19)12-15-4-6-17(7-5-15)25-13-16-3-1-9-21-11-16/h1,3-7,9,11,24H,2,8,10,12-14H2,(H2,20,23)/t19-/m0/s1. The molecule has 0 unspecified atom stereocenters. The maximum atomic E-state index is 11.4. The summed E-state index contributed by atoms with van der Waals surface area (Å²) in [5.41, 5.74) is 6.03. The number of ether oxygens (including phenoxy) is 1. The zero-order valence-electron chi connectivity index (χ0n) is 14.1. The van der Waals surface area contributed by atoms with E-state index in [0.29, 0.717) is 19.6 Å². The number of aromatic nitrogens is 1. The topological polar surface area (TPSA) is 88.7 Å². The Morgan fingerprint density at radius 2 is 2.08 bits per heavy atom. The summed E-state index contributed by atoms with van der Waals surface area (Å²) in [6, 6.07) is 11.7. The number of rotatable bonds is 6. The Kier molecular flexibility index (Phi) is 5.31. The Balaban J connectivity index is 1.55. The number of carbonyl (C=O) groups is 1. The summed E-state index contributed by atoms with van der Waals surface area (Å²) in [6.07, 6.45) is 4.70. The number of piperidine rings is 1. The predicted molar refractivity (Wildman–Crippen MR) is 93.7 cm³/mol. The van der Waals surface area contributed by atoms with Crippen LogP contribution < -0.4 is 10.5 Å². The molecule has 0 bridgehead atoms. The summed E-state index contributed by atoms with van der Waals surface area (Å²) in [5.74, 6) is 0.149. The lowest BCUT2D eigenvalue weighted by atomic mass is 9.92. The quantitative estimate of drug-likeness (QED) is 0.831. The van der Waals surface area contributed by atoms with Gasteiger partial charge in [-0.25, -0.2) is 0 Å². The summed E-state index contributed by atoms with van der Waals surface area (Å²) < 4.78 is 5.75. The Morgan fingerprint density at radius 1 is 1.28 bits per heavy atom. The summed E-state index contributed by atoms with van der Waals surface area (Å²) >= 11 is 0. The van der Waals surface area contributed by atoms with E-state index in [2.05, 4.69) is 9.88 Å². The van der Waals surface area contributed by atoms with Crippen molar-refractivity contribution >= 4 is 5.91 Å². The number of primary amides is 1. The SMILES string of the molecule is NC(=O)[C@]1(O)CCCN(Cc2ccc(OCc3cccnc3)cc2)C1. The van der Waals surface area contributed by atoms with Gasteiger partial charge in [0, 0.05) is 31.0 Å². The van der Waals surface area contributed by atoms with Crippen LogP contribution in [0.25, 0.3) is 0 Å². The normalized spacial score (nSPS) is 21.0. The van der Waals surface area contributed by atoms with Gasteiger partial charge >= 0.3 is 0 Å². The molecule has 0 aliphatic carbocycles. The van der Waals surface area contributed by atoms with Crippen molar-refractivity contribution in [2.24, 2.45) is 5.73 Å². The van der Waals surface area contributed by atoms with Crippen molar-refractivity contribution in [3.63, 3.8) is 0 Å². The molecule has 1 aliphatic heterocycles. The van der Waals surface area contributed by atoms with E-state index in [1.165, 1.54) is 0 Å². The van der Waals surface area contributed by atoms with Crippen LogP contribution in [0.3, 0.4) is 0 Å². The second kappa shape index (κ2) is 7.63. The average Bonchev–Trinajstić information content (AvgIpc) is 2.62. The average molecular weight is 341 g/mol. The third-order valence-electron chi connectivity index (χ3n) is 4.47. The van der Waals surface area contributed by atoms with E-state index in [9.17, 15) is 9.90 Å². The summed E-state index contributed by atoms with van der Waals surface area (Å²) in [5, 5.41) is 10.3. The molecule has 1 saturated heterocycles. The van der Waals surface area contributed by atoms with Gasteiger partial charge in [0.2, 0.25) is 0 Å². The molecule has 1 aromatic carbocycles. The second-order valence-corrected chi connectivity index (χ2v) is 6.50. The van der Waals surface area contributed by atoms with Crippen molar-refractivity contribution in [2.75, 3.05) is 13.1 Å². The van der Waals surface area contributed by atoms with Crippen LogP contribution in [0.1, 0.15) is 24.0 Å².